The molecule has 0 amide bonds. The fraction of sp³-hybridized carbons (Fsp3) is 0.421. The Kier molecular flexibility index (Phi) is 4.59. The van der Waals surface area contributed by atoms with Gasteiger partial charge in [0.1, 0.15) is 0 Å². The van der Waals surface area contributed by atoms with Crippen LogP contribution in [0.1, 0.15) is 43.0 Å². The van der Waals surface area contributed by atoms with Gasteiger partial charge < -0.3 is 0 Å². The molecule has 0 bridgehead atoms. The van der Waals surface area contributed by atoms with Crippen molar-refractivity contribution in [3.63, 3.8) is 0 Å². The Morgan fingerprint density at radius 3 is 2.44 bits per heavy atom. The second-order valence-corrected chi connectivity index (χ2v) is 6.95. The SMILES string of the molecule is CC(c1ccc2nccnc2c1)N1CCC(n2cc(C(F)(F)F)cn2)CC1. The fourth-order valence-corrected chi connectivity index (χ4v) is 3.67. The molecule has 3 heterocycles. The zero-order valence-electron chi connectivity index (χ0n) is 14.9. The predicted molar refractivity (Wildman–Crippen MR) is 95.0 cm³/mol. The summed E-state index contributed by atoms with van der Waals surface area (Å²) in [4.78, 5) is 11.0. The Bertz CT molecular complexity index is 928. The van der Waals surface area contributed by atoms with Gasteiger partial charge in [-0.3, -0.25) is 19.5 Å². The number of hydrogen-bond acceptors (Lipinski definition) is 4. The van der Waals surface area contributed by atoms with Gasteiger partial charge >= 0.3 is 6.18 Å². The van der Waals surface area contributed by atoms with Crippen molar-refractivity contribution >= 4 is 11.0 Å². The Balaban J connectivity index is 1.43. The summed E-state index contributed by atoms with van der Waals surface area (Å²) in [6.07, 6.45) is 2.59. The highest BCUT2D eigenvalue weighted by molar-refractivity contribution is 5.74. The Morgan fingerprint density at radius 2 is 1.78 bits per heavy atom. The summed E-state index contributed by atoms with van der Waals surface area (Å²) in [6.45, 7) is 3.77. The van der Waals surface area contributed by atoms with Crippen molar-refractivity contribution in [1.82, 2.24) is 24.6 Å². The minimum atomic E-state index is -4.34. The monoisotopic (exact) mass is 375 g/mol. The van der Waals surface area contributed by atoms with E-state index in [1.165, 1.54) is 10.2 Å². The third kappa shape index (κ3) is 3.66. The number of halogens is 3. The molecular formula is C19H20F3N5. The maximum atomic E-state index is 12.8. The van der Waals surface area contributed by atoms with Gasteiger partial charge in [-0.2, -0.15) is 18.3 Å². The predicted octanol–water partition coefficient (Wildman–Crippen LogP) is 4.24. The summed E-state index contributed by atoms with van der Waals surface area (Å²) >= 11 is 0. The van der Waals surface area contributed by atoms with Crippen LogP contribution in [-0.4, -0.2) is 37.7 Å². The number of likely N-dealkylation sites (tertiary alicyclic amines) is 1. The van der Waals surface area contributed by atoms with Crippen molar-refractivity contribution in [1.29, 1.82) is 0 Å². The fourth-order valence-electron chi connectivity index (χ4n) is 3.67. The van der Waals surface area contributed by atoms with Gasteiger partial charge in [0.15, 0.2) is 0 Å². The molecule has 1 unspecified atom stereocenters. The van der Waals surface area contributed by atoms with E-state index in [4.69, 9.17) is 0 Å². The van der Waals surface area contributed by atoms with Crippen molar-refractivity contribution in [3.8, 4) is 0 Å². The maximum Gasteiger partial charge on any atom is 0.419 e. The topological polar surface area (TPSA) is 46.8 Å². The normalized spacial score (nSPS) is 18.1. The van der Waals surface area contributed by atoms with Crippen LogP contribution < -0.4 is 0 Å². The molecule has 1 saturated heterocycles. The van der Waals surface area contributed by atoms with E-state index in [1.807, 2.05) is 6.07 Å². The average molecular weight is 375 g/mol. The lowest BCUT2D eigenvalue weighted by molar-refractivity contribution is -0.137. The second-order valence-electron chi connectivity index (χ2n) is 6.95. The highest BCUT2D eigenvalue weighted by Crippen LogP contribution is 2.32. The van der Waals surface area contributed by atoms with E-state index in [0.29, 0.717) is 0 Å². The molecule has 1 fully saturated rings. The molecule has 142 valence electrons. The van der Waals surface area contributed by atoms with Gasteiger partial charge in [-0.25, -0.2) is 0 Å². The number of nitrogens with zero attached hydrogens (tertiary/aromatic N) is 5. The summed E-state index contributed by atoms with van der Waals surface area (Å²) in [5.74, 6) is 0. The molecule has 8 heteroatoms. The summed E-state index contributed by atoms with van der Waals surface area (Å²) < 4.78 is 39.8. The number of rotatable bonds is 3. The zero-order chi connectivity index (χ0) is 19.0. The molecule has 0 N–H and O–H groups in total. The van der Waals surface area contributed by atoms with Crippen LogP contribution in [0.2, 0.25) is 0 Å². The lowest BCUT2D eigenvalue weighted by Crippen LogP contribution is -2.36. The van der Waals surface area contributed by atoms with E-state index >= 15 is 0 Å². The van der Waals surface area contributed by atoms with E-state index in [-0.39, 0.29) is 12.1 Å². The van der Waals surface area contributed by atoms with Crippen LogP contribution in [0.25, 0.3) is 11.0 Å². The molecule has 5 nitrogen and oxygen atoms in total. The molecule has 0 aliphatic carbocycles. The molecule has 1 aliphatic rings. The molecule has 3 aromatic rings. The molecule has 1 aromatic carbocycles. The lowest BCUT2D eigenvalue weighted by Gasteiger charge is -2.36. The van der Waals surface area contributed by atoms with Gasteiger partial charge in [0, 0.05) is 37.7 Å². The van der Waals surface area contributed by atoms with Crippen molar-refractivity contribution in [2.45, 2.75) is 38.0 Å². The number of piperidine rings is 1. The number of benzene rings is 1. The average Bonchev–Trinajstić information content (AvgIpc) is 3.18. The summed E-state index contributed by atoms with van der Waals surface area (Å²) in [6, 6.07) is 6.32. The lowest BCUT2D eigenvalue weighted by atomic mass is 10.00. The van der Waals surface area contributed by atoms with Crippen molar-refractivity contribution < 1.29 is 13.2 Å². The first-order chi connectivity index (χ1) is 12.9. The summed E-state index contributed by atoms with van der Waals surface area (Å²) in [5.41, 5.74) is 2.22. The summed E-state index contributed by atoms with van der Waals surface area (Å²) in [5, 5.41) is 3.93. The largest absolute Gasteiger partial charge is 0.419 e. The molecule has 0 spiro atoms. The standard InChI is InChI=1S/C19H20F3N5/c1-13(14-2-3-17-18(10-14)24-7-6-23-17)26-8-4-16(5-9-26)27-12-15(11-25-27)19(20,21)22/h2-3,6-7,10-13,16H,4-5,8-9H2,1H3. The van der Waals surface area contributed by atoms with Gasteiger partial charge in [-0.15, -0.1) is 0 Å². The first-order valence-corrected chi connectivity index (χ1v) is 8.98. The van der Waals surface area contributed by atoms with Gasteiger partial charge in [-0.1, -0.05) is 6.07 Å². The highest BCUT2D eigenvalue weighted by Gasteiger charge is 2.33. The second kappa shape index (κ2) is 6.92. The zero-order valence-corrected chi connectivity index (χ0v) is 14.9. The van der Waals surface area contributed by atoms with Gasteiger partial charge in [0.2, 0.25) is 0 Å². The van der Waals surface area contributed by atoms with Crippen LogP contribution in [0.5, 0.6) is 0 Å². The smallest absolute Gasteiger partial charge is 0.296 e. The quantitative estimate of drug-likeness (QED) is 0.687. The highest BCUT2D eigenvalue weighted by atomic mass is 19.4. The van der Waals surface area contributed by atoms with Crippen molar-refractivity contribution in [3.05, 3.63) is 54.1 Å². The van der Waals surface area contributed by atoms with Crippen LogP contribution >= 0.6 is 0 Å². The molecule has 0 saturated carbocycles. The van der Waals surface area contributed by atoms with Crippen LogP contribution in [-0.2, 0) is 6.18 Å². The van der Waals surface area contributed by atoms with Crippen molar-refractivity contribution in [2.24, 2.45) is 0 Å². The summed E-state index contributed by atoms with van der Waals surface area (Å²) in [7, 11) is 0. The van der Waals surface area contributed by atoms with Crippen molar-refractivity contribution in [2.75, 3.05) is 13.1 Å². The van der Waals surface area contributed by atoms with Gasteiger partial charge in [0.25, 0.3) is 0 Å². The number of fused-ring (bicyclic) bond motifs is 1. The van der Waals surface area contributed by atoms with Gasteiger partial charge in [0.05, 0.1) is 28.8 Å². The first kappa shape index (κ1) is 17.9. The van der Waals surface area contributed by atoms with E-state index in [2.05, 4.69) is 39.0 Å². The molecule has 27 heavy (non-hydrogen) atoms. The Labute approximate surface area is 154 Å². The minimum Gasteiger partial charge on any atom is -0.296 e. The molecule has 2 aromatic heterocycles. The molecular weight excluding hydrogens is 355 g/mol. The van der Waals surface area contributed by atoms with E-state index in [1.54, 1.807) is 12.4 Å². The molecule has 1 atom stereocenters. The number of alkyl halides is 3. The van der Waals surface area contributed by atoms with Gasteiger partial charge in [-0.05, 0) is 37.5 Å². The van der Waals surface area contributed by atoms with Crippen LogP contribution in [0.15, 0.2) is 43.0 Å². The van der Waals surface area contributed by atoms with E-state index in [0.717, 1.165) is 49.4 Å². The van der Waals surface area contributed by atoms with Crippen LogP contribution in [0.3, 0.4) is 0 Å². The first-order valence-electron chi connectivity index (χ1n) is 8.98. The third-order valence-electron chi connectivity index (χ3n) is 5.33. The number of aromatic nitrogens is 4. The molecule has 1 aliphatic heterocycles. The minimum absolute atomic E-state index is 0.00650. The Hall–Kier alpha value is -2.48. The van der Waals surface area contributed by atoms with Crippen LogP contribution in [0.4, 0.5) is 13.2 Å². The Morgan fingerprint density at radius 1 is 1.07 bits per heavy atom. The third-order valence-corrected chi connectivity index (χ3v) is 5.33. The molecule has 0 radical (unpaired) electrons. The number of hydrogen-bond donors (Lipinski definition) is 0. The van der Waals surface area contributed by atoms with E-state index in [9.17, 15) is 13.2 Å². The van der Waals surface area contributed by atoms with Crippen LogP contribution in [0, 0.1) is 0 Å². The molecule has 4 rings (SSSR count). The maximum absolute atomic E-state index is 12.8. The van der Waals surface area contributed by atoms with E-state index < -0.39 is 11.7 Å².